The highest BCUT2D eigenvalue weighted by Crippen LogP contribution is 2.34. The summed E-state index contributed by atoms with van der Waals surface area (Å²) >= 11 is 0. The van der Waals surface area contributed by atoms with Gasteiger partial charge in [0, 0.05) is 16.8 Å². The second-order valence-electron chi connectivity index (χ2n) is 6.57. The van der Waals surface area contributed by atoms with Crippen LogP contribution in [0.1, 0.15) is 27.0 Å². The molecule has 134 valence electrons. The number of benzene rings is 3. The summed E-state index contributed by atoms with van der Waals surface area (Å²) in [4.78, 5) is 14.9. The van der Waals surface area contributed by atoms with Crippen molar-refractivity contribution in [1.29, 1.82) is 0 Å². The third-order valence-electron chi connectivity index (χ3n) is 4.82. The molecule has 1 aliphatic rings. The first-order valence-electron chi connectivity index (χ1n) is 9.04. The molecule has 3 aromatic carbocycles. The van der Waals surface area contributed by atoms with Crippen molar-refractivity contribution in [3.63, 3.8) is 0 Å². The maximum atomic E-state index is 13.0. The number of fused-ring (bicyclic) bond motifs is 1. The SMILES string of the molecule is COc1cccc(CN2C(=O)c3ccccc3/C2=C\Cc2ccccc2)c1. The lowest BCUT2D eigenvalue weighted by Crippen LogP contribution is -2.22. The van der Waals surface area contributed by atoms with Crippen LogP contribution in [0.2, 0.25) is 0 Å². The number of ether oxygens (including phenoxy) is 1. The van der Waals surface area contributed by atoms with Gasteiger partial charge in [0.15, 0.2) is 0 Å². The van der Waals surface area contributed by atoms with Gasteiger partial charge in [-0.1, -0.05) is 66.7 Å². The first-order chi connectivity index (χ1) is 13.3. The number of carbonyl (C=O) groups is 1. The highest BCUT2D eigenvalue weighted by atomic mass is 16.5. The van der Waals surface area contributed by atoms with Crippen LogP contribution in [0, 0.1) is 0 Å². The molecule has 0 unspecified atom stereocenters. The zero-order chi connectivity index (χ0) is 18.6. The maximum absolute atomic E-state index is 13.0. The Morgan fingerprint density at radius 1 is 0.852 bits per heavy atom. The minimum absolute atomic E-state index is 0.0488. The van der Waals surface area contributed by atoms with E-state index in [4.69, 9.17) is 4.74 Å². The van der Waals surface area contributed by atoms with Crippen LogP contribution in [0.4, 0.5) is 0 Å². The number of carbonyl (C=O) groups excluding carboxylic acids is 1. The summed E-state index contributed by atoms with van der Waals surface area (Å²) in [5.41, 5.74) is 5.01. The Kier molecular flexibility index (Phi) is 4.75. The molecule has 3 nitrogen and oxygen atoms in total. The lowest BCUT2D eigenvalue weighted by atomic mass is 10.1. The number of hydrogen-bond acceptors (Lipinski definition) is 2. The van der Waals surface area contributed by atoms with Crippen molar-refractivity contribution in [2.45, 2.75) is 13.0 Å². The number of allylic oxidation sites excluding steroid dienone is 1. The van der Waals surface area contributed by atoms with Crippen LogP contribution in [0.25, 0.3) is 5.70 Å². The van der Waals surface area contributed by atoms with E-state index in [1.807, 2.05) is 71.6 Å². The molecule has 0 saturated heterocycles. The molecule has 0 saturated carbocycles. The van der Waals surface area contributed by atoms with E-state index in [2.05, 4.69) is 18.2 Å². The molecule has 4 rings (SSSR count). The summed E-state index contributed by atoms with van der Waals surface area (Å²) in [6.07, 6.45) is 2.94. The fourth-order valence-corrected chi connectivity index (χ4v) is 3.45. The first-order valence-corrected chi connectivity index (χ1v) is 9.04. The topological polar surface area (TPSA) is 29.5 Å². The maximum Gasteiger partial charge on any atom is 0.259 e. The molecule has 0 atom stereocenters. The molecule has 0 spiro atoms. The molecule has 0 bridgehead atoms. The van der Waals surface area contributed by atoms with Crippen molar-refractivity contribution in [1.82, 2.24) is 4.90 Å². The highest BCUT2D eigenvalue weighted by molar-refractivity contribution is 6.09. The molecule has 1 amide bonds. The Hall–Kier alpha value is -3.33. The van der Waals surface area contributed by atoms with E-state index >= 15 is 0 Å². The highest BCUT2D eigenvalue weighted by Gasteiger charge is 2.31. The number of hydrogen-bond donors (Lipinski definition) is 0. The largest absolute Gasteiger partial charge is 0.497 e. The van der Waals surface area contributed by atoms with Crippen molar-refractivity contribution in [3.8, 4) is 5.75 Å². The van der Waals surface area contributed by atoms with Crippen LogP contribution in [-0.4, -0.2) is 17.9 Å². The second kappa shape index (κ2) is 7.50. The van der Waals surface area contributed by atoms with Gasteiger partial charge in [0.2, 0.25) is 0 Å². The molecule has 0 radical (unpaired) electrons. The predicted molar refractivity (Wildman–Crippen MR) is 107 cm³/mol. The number of amides is 1. The van der Waals surface area contributed by atoms with Crippen molar-refractivity contribution in [2.24, 2.45) is 0 Å². The Bertz CT molecular complexity index is 992. The van der Waals surface area contributed by atoms with E-state index in [0.717, 1.165) is 34.6 Å². The Morgan fingerprint density at radius 3 is 2.33 bits per heavy atom. The Labute approximate surface area is 159 Å². The monoisotopic (exact) mass is 355 g/mol. The average Bonchev–Trinajstić information content (AvgIpc) is 2.99. The number of methoxy groups -OCH3 is 1. The van der Waals surface area contributed by atoms with Gasteiger partial charge in [-0.15, -0.1) is 0 Å². The molecule has 0 fully saturated rings. The van der Waals surface area contributed by atoms with Gasteiger partial charge in [0.05, 0.1) is 13.7 Å². The zero-order valence-electron chi connectivity index (χ0n) is 15.3. The number of nitrogens with zero attached hydrogens (tertiary/aromatic N) is 1. The minimum Gasteiger partial charge on any atom is -0.497 e. The van der Waals surface area contributed by atoms with Gasteiger partial charge < -0.3 is 9.64 Å². The van der Waals surface area contributed by atoms with E-state index in [-0.39, 0.29) is 5.91 Å². The zero-order valence-corrected chi connectivity index (χ0v) is 15.3. The molecule has 1 heterocycles. The fourth-order valence-electron chi connectivity index (χ4n) is 3.45. The smallest absolute Gasteiger partial charge is 0.259 e. The van der Waals surface area contributed by atoms with Gasteiger partial charge in [0.1, 0.15) is 5.75 Å². The Balaban J connectivity index is 1.68. The normalized spacial score (nSPS) is 14.5. The molecule has 3 aromatic rings. The summed E-state index contributed by atoms with van der Waals surface area (Å²) in [5.74, 6) is 0.846. The van der Waals surface area contributed by atoms with Crippen molar-refractivity contribution < 1.29 is 9.53 Å². The number of rotatable bonds is 5. The van der Waals surface area contributed by atoms with Gasteiger partial charge in [-0.25, -0.2) is 0 Å². The summed E-state index contributed by atoms with van der Waals surface area (Å²) in [5, 5.41) is 0. The van der Waals surface area contributed by atoms with Crippen LogP contribution in [0.15, 0.2) is 84.9 Å². The van der Waals surface area contributed by atoms with Gasteiger partial charge in [-0.05, 0) is 35.7 Å². The standard InChI is InChI=1S/C24H21NO2/c1-27-20-11-7-10-19(16-20)17-25-23(15-14-18-8-3-2-4-9-18)21-12-5-6-13-22(21)24(25)26/h2-13,15-16H,14,17H2,1H3/b23-15+. The third kappa shape index (κ3) is 3.49. The third-order valence-corrected chi connectivity index (χ3v) is 4.82. The predicted octanol–water partition coefficient (Wildman–Crippen LogP) is 4.93. The summed E-state index contributed by atoms with van der Waals surface area (Å²) in [6, 6.07) is 26.0. The van der Waals surface area contributed by atoms with Gasteiger partial charge in [0.25, 0.3) is 5.91 Å². The summed E-state index contributed by atoms with van der Waals surface area (Å²) < 4.78 is 5.32. The molecule has 0 N–H and O–H groups in total. The lowest BCUT2D eigenvalue weighted by Gasteiger charge is -2.19. The molecular formula is C24H21NO2. The van der Waals surface area contributed by atoms with Crippen LogP contribution in [-0.2, 0) is 13.0 Å². The minimum atomic E-state index is 0.0488. The van der Waals surface area contributed by atoms with E-state index in [1.165, 1.54) is 5.56 Å². The average molecular weight is 355 g/mol. The van der Waals surface area contributed by atoms with Gasteiger partial charge in [-0.3, -0.25) is 4.79 Å². The first kappa shape index (κ1) is 17.1. The summed E-state index contributed by atoms with van der Waals surface area (Å²) in [6.45, 7) is 0.519. The van der Waals surface area contributed by atoms with Crippen LogP contribution in [0.5, 0.6) is 5.75 Å². The second-order valence-corrected chi connectivity index (χ2v) is 6.57. The van der Waals surface area contributed by atoms with E-state index in [9.17, 15) is 4.79 Å². The van der Waals surface area contributed by atoms with Crippen LogP contribution < -0.4 is 4.74 Å². The lowest BCUT2D eigenvalue weighted by molar-refractivity contribution is 0.0842. The van der Waals surface area contributed by atoms with Crippen molar-refractivity contribution in [2.75, 3.05) is 7.11 Å². The van der Waals surface area contributed by atoms with Crippen LogP contribution >= 0.6 is 0 Å². The molecule has 0 aliphatic carbocycles. The fraction of sp³-hybridized carbons (Fsp3) is 0.125. The van der Waals surface area contributed by atoms with Gasteiger partial charge >= 0.3 is 0 Å². The van der Waals surface area contributed by atoms with Gasteiger partial charge in [-0.2, -0.15) is 0 Å². The van der Waals surface area contributed by atoms with Crippen molar-refractivity contribution in [3.05, 3.63) is 107 Å². The summed E-state index contributed by atoms with van der Waals surface area (Å²) in [7, 11) is 1.65. The van der Waals surface area contributed by atoms with E-state index < -0.39 is 0 Å². The van der Waals surface area contributed by atoms with Crippen LogP contribution in [0.3, 0.4) is 0 Å². The van der Waals surface area contributed by atoms with E-state index in [0.29, 0.717) is 6.54 Å². The molecule has 3 heteroatoms. The molecular weight excluding hydrogens is 334 g/mol. The quantitative estimate of drug-likeness (QED) is 0.649. The van der Waals surface area contributed by atoms with E-state index in [1.54, 1.807) is 7.11 Å². The molecule has 0 aromatic heterocycles. The molecule has 27 heavy (non-hydrogen) atoms. The molecule has 1 aliphatic heterocycles. The Morgan fingerprint density at radius 2 is 1.56 bits per heavy atom. The van der Waals surface area contributed by atoms with Crippen molar-refractivity contribution >= 4 is 11.6 Å².